The Hall–Kier alpha value is -4.11. The van der Waals surface area contributed by atoms with Gasteiger partial charge in [0.25, 0.3) is 5.56 Å². The lowest BCUT2D eigenvalue weighted by atomic mass is 10.1. The van der Waals surface area contributed by atoms with Crippen molar-refractivity contribution in [2.24, 2.45) is 0 Å². The zero-order chi connectivity index (χ0) is 25.1. The number of amides is 1. The fourth-order valence-electron chi connectivity index (χ4n) is 4.29. The van der Waals surface area contributed by atoms with Gasteiger partial charge in [0.05, 0.1) is 11.7 Å². The first-order valence-electron chi connectivity index (χ1n) is 12.0. The van der Waals surface area contributed by atoms with Crippen molar-refractivity contribution in [1.82, 2.24) is 29.7 Å². The molecule has 2 aromatic heterocycles. The molecule has 3 heterocycles. The van der Waals surface area contributed by atoms with Crippen molar-refractivity contribution in [3.8, 4) is 22.6 Å². The summed E-state index contributed by atoms with van der Waals surface area (Å²) in [6, 6.07) is 20.7. The fraction of sp³-hybridized carbons (Fsp3) is 0.296. The van der Waals surface area contributed by atoms with E-state index in [1.54, 1.807) is 11.0 Å². The molecule has 1 unspecified atom stereocenters. The van der Waals surface area contributed by atoms with Gasteiger partial charge in [-0.1, -0.05) is 65.3 Å². The third-order valence-electron chi connectivity index (χ3n) is 6.54. The van der Waals surface area contributed by atoms with E-state index in [2.05, 4.69) is 20.1 Å². The van der Waals surface area contributed by atoms with Crippen molar-refractivity contribution in [3.63, 3.8) is 0 Å². The molecular formula is C27H28N6O3. The van der Waals surface area contributed by atoms with Crippen molar-refractivity contribution in [3.05, 3.63) is 88.5 Å². The summed E-state index contributed by atoms with van der Waals surface area (Å²) >= 11 is 0. The highest BCUT2D eigenvalue weighted by Gasteiger charge is 2.28. The lowest BCUT2D eigenvalue weighted by molar-refractivity contribution is -0.134. The van der Waals surface area contributed by atoms with Crippen molar-refractivity contribution < 1.29 is 9.32 Å². The van der Waals surface area contributed by atoms with Crippen molar-refractivity contribution >= 4 is 5.91 Å². The van der Waals surface area contributed by atoms with E-state index < -0.39 is 0 Å². The van der Waals surface area contributed by atoms with E-state index >= 15 is 0 Å². The summed E-state index contributed by atoms with van der Waals surface area (Å²) in [4.78, 5) is 33.9. The van der Waals surface area contributed by atoms with Gasteiger partial charge in [0.15, 0.2) is 0 Å². The molecule has 1 amide bonds. The summed E-state index contributed by atoms with van der Waals surface area (Å²) in [6.45, 7) is 6.42. The zero-order valence-electron chi connectivity index (χ0n) is 20.4. The first kappa shape index (κ1) is 23.6. The molecule has 0 aliphatic carbocycles. The van der Waals surface area contributed by atoms with Gasteiger partial charge in [-0.2, -0.15) is 10.1 Å². The average molecular weight is 485 g/mol. The van der Waals surface area contributed by atoms with Crippen LogP contribution in [-0.2, 0) is 11.3 Å². The second-order valence-corrected chi connectivity index (χ2v) is 9.00. The second-order valence-electron chi connectivity index (χ2n) is 9.00. The van der Waals surface area contributed by atoms with Gasteiger partial charge in [-0.15, -0.1) is 0 Å². The molecule has 36 heavy (non-hydrogen) atoms. The predicted octanol–water partition coefficient (Wildman–Crippen LogP) is 3.17. The minimum absolute atomic E-state index is 0.0687. The van der Waals surface area contributed by atoms with Crippen LogP contribution in [0.5, 0.6) is 0 Å². The fourth-order valence-corrected chi connectivity index (χ4v) is 4.29. The highest BCUT2D eigenvalue weighted by atomic mass is 16.5. The zero-order valence-corrected chi connectivity index (χ0v) is 20.4. The van der Waals surface area contributed by atoms with Crippen molar-refractivity contribution in [1.29, 1.82) is 0 Å². The van der Waals surface area contributed by atoms with Gasteiger partial charge in [-0.3, -0.25) is 14.5 Å². The first-order chi connectivity index (χ1) is 17.5. The first-order valence-corrected chi connectivity index (χ1v) is 12.0. The van der Waals surface area contributed by atoms with E-state index in [4.69, 9.17) is 4.52 Å². The maximum absolute atomic E-state index is 13.0. The summed E-state index contributed by atoms with van der Waals surface area (Å²) in [5.41, 5.74) is 3.35. The molecule has 0 bridgehead atoms. The van der Waals surface area contributed by atoms with Crippen LogP contribution in [0.15, 0.2) is 76.0 Å². The highest BCUT2D eigenvalue weighted by molar-refractivity contribution is 5.76. The molecule has 0 radical (unpaired) electrons. The molecule has 1 saturated heterocycles. The van der Waals surface area contributed by atoms with Gasteiger partial charge < -0.3 is 9.42 Å². The molecule has 0 N–H and O–H groups in total. The van der Waals surface area contributed by atoms with Gasteiger partial charge in [0.1, 0.15) is 6.54 Å². The average Bonchev–Trinajstić information content (AvgIpc) is 3.41. The van der Waals surface area contributed by atoms with Crippen LogP contribution in [0.3, 0.4) is 0 Å². The SMILES string of the molecule is Cc1ccc(-c2noc(C(C)N3CCN(C(=O)Cn4nc(-c5ccccc5)ccc4=O)CC3)n2)cc1. The summed E-state index contributed by atoms with van der Waals surface area (Å²) in [7, 11) is 0. The lowest BCUT2D eigenvalue weighted by Crippen LogP contribution is -2.50. The Bertz CT molecular complexity index is 1390. The number of nitrogens with zero attached hydrogens (tertiary/aromatic N) is 6. The highest BCUT2D eigenvalue weighted by Crippen LogP contribution is 2.24. The van der Waals surface area contributed by atoms with Crippen LogP contribution in [0.25, 0.3) is 22.6 Å². The molecule has 0 spiro atoms. The normalized spacial score (nSPS) is 15.1. The van der Waals surface area contributed by atoms with E-state index in [0.717, 1.165) is 11.1 Å². The number of carbonyl (C=O) groups excluding carboxylic acids is 1. The number of rotatable bonds is 6. The Labute approximate surface area is 209 Å². The smallest absolute Gasteiger partial charge is 0.267 e. The maximum atomic E-state index is 13.0. The number of piperazine rings is 1. The lowest BCUT2D eigenvalue weighted by Gasteiger charge is -2.36. The molecule has 0 saturated carbocycles. The van der Waals surface area contributed by atoms with Crippen LogP contribution in [-0.4, -0.2) is 61.8 Å². The minimum Gasteiger partial charge on any atom is -0.339 e. The monoisotopic (exact) mass is 484 g/mol. The number of aromatic nitrogens is 4. The van der Waals surface area contributed by atoms with Crippen LogP contribution in [0.2, 0.25) is 0 Å². The number of carbonyl (C=O) groups is 1. The summed E-state index contributed by atoms with van der Waals surface area (Å²) in [6.07, 6.45) is 0. The van der Waals surface area contributed by atoms with E-state index in [-0.39, 0.29) is 24.1 Å². The molecule has 1 atom stereocenters. The van der Waals surface area contributed by atoms with Gasteiger partial charge in [-0.25, -0.2) is 4.68 Å². The van der Waals surface area contributed by atoms with Crippen molar-refractivity contribution in [2.75, 3.05) is 26.2 Å². The molecule has 9 nitrogen and oxygen atoms in total. The van der Waals surface area contributed by atoms with E-state index in [1.807, 2.05) is 68.4 Å². The van der Waals surface area contributed by atoms with E-state index in [1.165, 1.54) is 16.3 Å². The quantitative estimate of drug-likeness (QED) is 0.415. The molecular weight excluding hydrogens is 456 g/mol. The van der Waals surface area contributed by atoms with Crippen LogP contribution < -0.4 is 5.56 Å². The third-order valence-corrected chi connectivity index (χ3v) is 6.54. The molecule has 5 rings (SSSR count). The predicted molar refractivity (Wildman–Crippen MR) is 135 cm³/mol. The van der Waals surface area contributed by atoms with Crippen LogP contribution in [0.4, 0.5) is 0 Å². The topological polar surface area (TPSA) is 97.4 Å². The minimum atomic E-state index is -0.295. The van der Waals surface area contributed by atoms with Gasteiger partial charge in [-0.05, 0) is 19.9 Å². The molecule has 9 heteroatoms. The molecule has 2 aromatic carbocycles. The summed E-state index contributed by atoms with van der Waals surface area (Å²) in [5, 5.41) is 8.55. The summed E-state index contributed by atoms with van der Waals surface area (Å²) < 4.78 is 6.79. The van der Waals surface area contributed by atoms with Gasteiger partial charge >= 0.3 is 0 Å². The number of hydrogen-bond donors (Lipinski definition) is 0. The third kappa shape index (κ3) is 5.11. The second kappa shape index (κ2) is 10.2. The summed E-state index contributed by atoms with van der Waals surface area (Å²) in [5.74, 6) is 1.00. The Morgan fingerprint density at radius 1 is 0.944 bits per heavy atom. The Kier molecular flexibility index (Phi) is 6.73. The van der Waals surface area contributed by atoms with Crippen LogP contribution in [0.1, 0.15) is 24.4 Å². The standard InChI is InChI=1S/C27H28N6O3/c1-19-8-10-22(11-9-19)26-28-27(36-30-26)20(2)31-14-16-32(17-15-31)25(35)18-33-24(34)13-12-23(29-33)21-6-4-3-5-7-21/h3-13,20H,14-18H2,1-2H3. The molecule has 1 aliphatic heterocycles. The molecule has 1 fully saturated rings. The molecule has 1 aliphatic rings. The molecule has 184 valence electrons. The Balaban J connectivity index is 1.19. The van der Waals surface area contributed by atoms with E-state index in [0.29, 0.717) is 43.6 Å². The largest absolute Gasteiger partial charge is 0.339 e. The maximum Gasteiger partial charge on any atom is 0.267 e. The number of hydrogen-bond acceptors (Lipinski definition) is 7. The van der Waals surface area contributed by atoms with Crippen LogP contribution in [0, 0.1) is 6.92 Å². The van der Waals surface area contributed by atoms with Crippen molar-refractivity contribution in [2.45, 2.75) is 26.4 Å². The van der Waals surface area contributed by atoms with E-state index in [9.17, 15) is 9.59 Å². The molecule has 4 aromatic rings. The Morgan fingerprint density at radius 3 is 2.39 bits per heavy atom. The van der Waals surface area contributed by atoms with Gasteiger partial charge in [0, 0.05) is 43.4 Å². The Morgan fingerprint density at radius 2 is 1.67 bits per heavy atom. The van der Waals surface area contributed by atoms with Gasteiger partial charge in [0.2, 0.25) is 17.6 Å². The number of aryl methyl sites for hydroxylation is 1. The van der Waals surface area contributed by atoms with Crippen LogP contribution >= 0.6 is 0 Å². The number of benzene rings is 2.